The number of benzene rings is 1. The molecule has 0 aromatic heterocycles. The Hall–Kier alpha value is -1.07. The van der Waals surface area contributed by atoms with Gasteiger partial charge in [0, 0.05) is 17.9 Å². The average Bonchev–Trinajstić information content (AvgIpc) is 2.24. The van der Waals surface area contributed by atoms with Crippen LogP contribution in [0.2, 0.25) is 0 Å². The number of para-hydroxylation sites is 1. The topological polar surface area (TPSA) is 55.4 Å². The zero-order valence-electron chi connectivity index (χ0n) is 9.73. The SMILES string of the molecule is CNC(CS(C)(=O)=O)c1ccccc1OC. The lowest BCUT2D eigenvalue weighted by molar-refractivity contribution is 0.404. The fourth-order valence-corrected chi connectivity index (χ4v) is 2.54. The second kappa shape index (κ2) is 5.32. The van der Waals surface area contributed by atoms with E-state index in [0.717, 1.165) is 5.56 Å². The first kappa shape index (κ1) is 13.0. The van der Waals surface area contributed by atoms with Gasteiger partial charge in [-0.1, -0.05) is 18.2 Å². The second-order valence-corrected chi connectivity index (χ2v) is 5.86. The molecule has 0 amide bonds. The average molecular weight is 243 g/mol. The lowest BCUT2D eigenvalue weighted by atomic mass is 10.1. The van der Waals surface area contributed by atoms with Crippen LogP contribution in [0.25, 0.3) is 0 Å². The highest BCUT2D eigenvalue weighted by Crippen LogP contribution is 2.25. The summed E-state index contributed by atoms with van der Waals surface area (Å²) in [7, 11) is 0.287. The third-order valence-electron chi connectivity index (χ3n) is 2.33. The van der Waals surface area contributed by atoms with Gasteiger partial charge in [-0.3, -0.25) is 0 Å². The van der Waals surface area contributed by atoms with Crippen LogP contribution in [0.1, 0.15) is 11.6 Å². The zero-order valence-corrected chi connectivity index (χ0v) is 10.5. The number of rotatable bonds is 5. The summed E-state index contributed by atoms with van der Waals surface area (Å²) >= 11 is 0. The van der Waals surface area contributed by atoms with E-state index in [1.54, 1.807) is 14.2 Å². The predicted octanol–water partition coefficient (Wildman–Crippen LogP) is 1.00. The van der Waals surface area contributed by atoms with E-state index in [-0.39, 0.29) is 11.8 Å². The largest absolute Gasteiger partial charge is 0.496 e. The van der Waals surface area contributed by atoms with Gasteiger partial charge in [-0.25, -0.2) is 8.42 Å². The van der Waals surface area contributed by atoms with Gasteiger partial charge < -0.3 is 10.1 Å². The van der Waals surface area contributed by atoms with E-state index < -0.39 is 9.84 Å². The quantitative estimate of drug-likeness (QED) is 0.838. The molecule has 0 saturated heterocycles. The van der Waals surface area contributed by atoms with Crippen molar-refractivity contribution in [1.29, 1.82) is 0 Å². The summed E-state index contributed by atoms with van der Waals surface area (Å²) in [6.07, 6.45) is 1.23. The first-order valence-electron chi connectivity index (χ1n) is 4.96. The first-order valence-corrected chi connectivity index (χ1v) is 7.02. The molecule has 16 heavy (non-hydrogen) atoms. The summed E-state index contributed by atoms with van der Waals surface area (Å²) < 4.78 is 27.8. The number of sulfone groups is 1. The molecular weight excluding hydrogens is 226 g/mol. The van der Waals surface area contributed by atoms with Crippen LogP contribution in [-0.2, 0) is 9.84 Å². The van der Waals surface area contributed by atoms with Gasteiger partial charge in [-0.15, -0.1) is 0 Å². The van der Waals surface area contributed by atoms with Crippen LogP contribution in [0, 0.1) is 0 Å². The molecule has 1 rings (SSSR count). The standard InChI is InChI=1S/C11H17NO3S/c1-12-10(8-16(3,13)14)9-6-4-5-7-11(9)15-2/h4-7,10,12H,8H2,1-3H3. The smallest absolute Gasteiger partial charge is 0.149 e. The van der Waals surface area contributed by atoms with Crippen LogP contribution in [0.5, 0.6) is 5.75 Å². The molecule has 0 aliphatic carbocycles. The number of hydrogen-bond donors (Lipinski definition) is 1. The Morgan fingerprint density at radius 1 is 1.38 bits per heavy atom. The van der Waals surface area contributed by atoms with Crippen LogP contribution in [0.15, 0.2) is 24.3 Å². The van der Waals surface area contributed by atoms with Crippen molar-refractivity contribution in [2.45, 2.75) is 6.04 Å². The minimum absolute atomic E-state index is 0.0594. The molecule has 1 atom stereocenters. The van der Waals surface area contributed by atoms with Crippen LogP contribution < -0.4 is 10.1 Å². The highest BCUT2D eigenvalue weighted by molar-refractivity contribution is 7.90. The van der Waals surface area contributed by atoms with Crippen LogP contribution in [0.3, 0.4) is 0 Å². The molecular formula is C11H17NO3S. The van der Waals surface area contributed by atoms with Crippen molar-refractivity contribution < 1.29 is 13.2 Å². The maximum Gasteiger partial charge on any atom is 0.149 e. The Kier molecular flexibility index (Phi) is 4.32. The molecule has 0 fully saturated rings. The molecule has 0 aliphatic heterocycles. The summed E-state index contributed by atoms with van der Waals surface area (Å²) in [5.41, 5.74) is 0.859. The number of methoxy groups -OCH3 is 1. The Balaban J connectivity index is 3.03. The molecule has 1 aromatic carbocycles. The third kappa shape index (κ3) is 3.50. The van der Waals surface area contributed by atoms with E-state index >= 15 is 0 Å². The molecule has 4 nitrogen and oxygen atoms in total. The Labute approximate surface area is 96.5 Å². The molecule has 0 bridgehead atoms. The summed E-state index contributed by atoms with van der Waals surface area (Å²) in [6.45, 7) is 0. The highest BCUT2D eigenvalue weighted by Gasteiger charge is 2.18. The molecule has 0 spiro atoms. The van der Waals surface area contributed by atoms with E-state index in [0.29, 0.717) is 5.75 Å². The van der Waals surface area contributed by atoms with Crippen LogP contribution >= 0.6 is 0 Å². The second-order valence-electron chi connectivity index (χ2n) is 3.68. The summed E-state index contributed by atoms with van der Waals surface area (Å²) in [4.78, 5) is 0. The van der Waals surface area contributed by atoms with Gasteiger partial charge in [-0.05, 0) is 13.1 Å². The third-order valence-corrected chi connectivity index (χ3v) is 3.27. The molecule has 1 aromatic rings. The fraction of sp³-hybridized carbons (Fsp3) is 0.455. The Morgan fingerprint density at radius 2 is 2.00 bits per heavy atom. The van der Waals surface area contributed by atoms with E-state index in [1.807, 2.05) is 24.3 Å². The van der Waals surface area contributed by atoms with Gasteiger partial charge in [0.2, 0.25) is 0 Å². The van der Waals surface area contributed by atoms with Gasteiger partial charge in [0.05, 0.1) is 12.9 Å². The highest BCUT2D eigenvalue weighted by atomic mass is 32.2. The first-order chi connectivity index (χ1) is 7.48. The summed E-state index contributed by atoms with van der Waals surface area (Å²) in [5, 5.41) is 2.99. The van der Waals surface area contributed by atoms with E-state index in [2.05, 4.69) is 5.32 Å². The number of nitrogens with one attached hydrogen (secondary N) is 1. The lowest BCUT2D eigenvalue weighted by Gasteiger charge is -2.18. The van der Waals surface area contributed by atoms with Gasteiger partial charge in [0.1, 0.15) is 15.6 Å². The van der Waals surface area contributed by atoms with Crippen LogP contribution in [0.4, 0.5) is 0 Å². The Bertz CT molecular complexity index is 442. The molecule has 0 radical (unpaired) electrons. The minimum Gasteiger partial charge on any atom is -0.496 e. The molecule has 0 saturated carbocycles. The van der Waals surface area contributed by atoms with Gasteiger partial charge >= 0.3 is 0 Å². The van der Waals surface area contributed by atoms with Gasteiger partial charge in [0.15, 0.2) is 0 Å². The van der Waals surface area contributed by atoms with Gasteiger partial charge in [-0.2, -0.15) is 0 Å². The monoisotopic (exact) mass is 243 g/mol. The molecule has 1 N–H and O–H groups in total. The van der Waals surface area contributed by atoms with Crippen molar-refractivity contribution in [3.8, 4) is 5.75 Å². The molecule has 1 unspecified atom stereocenters. The van der Waals surface area contributed by atoms with Crippen molar-refractivity contribution >= 4 is 9.84 Å². The molecule has 90 valence electrons. The zero-order chi connectivity index (χ0) is 12.2. The van der Waals surface area contributed by atoms with E-state index in [9.17, 15) is 8.42 Å². The minimum atomic E-state index is -3.03. The summed E-state index contributed by atoms with van der Waals surface area (Å²) in [5.74, 6) is 0.759. The molecule has 0 aliphatic rings. The lowest BCUT2D eigenvalue weighted by Crippen LogP contribution is -2.25. The van der Waals surface area contributed by atoms with Crippen LogP contribution in [-0.4, -0.2) is 34.6 Å². The predicted molar refractivity (Wildman–Crippen MR) is 64.5 cm³/mol. The maximum absolute atomic E-state index is 11.3. The summed E-state index contributed by atoms with van der Waals surface area (Å²) in [6, 6.07) is 7.17. The van der Waals surface area contributed by atoms with E-state index in [4.69, 9.17) is 4.74 Å². The van der Waals surface area contributed by atoms with Crippen molar-refractivity contribution in [3.63, 3.8) is 0 Å². The van der Waals surface area contributed by atoms with Crippen molar-refractivity contribution in [1.82, 2.24) is 5.32 Å². The maximum atomic E-state index is 11.3. The molecule has 5 heteroatoms. The normalized spacial score (nSPS) is 13.4. The number of hydrogen-bond acceptors (Lipinski definition) is 4. The molecule has 0 heterocycles. The van der Waals surface area contributed by atoms with Gasteiger partial charge in [0.25, 0.3) is 0 Å². The van der Waals surface area contributed by atoms with E-state index in [1.165, 1.54) is 6.26 Å². The fourth-order valence-electron chi connectivity index (χ4n) is 1.59. The van der Waals surface area contributed by atoms with Crippen molar-refractivity contribution in [3.05, 3.63) is 29.8 Å². The number of ether oxygens (including phenoxy) is 1. The Morgan fingerprint density at radius 3 is 2.50 bits per heavy atom. The van der Waals surface area contributed by atoms with Crippen molar-refractivity contribution in [2.75, 3.05) is 26.2 Å². The van der Waals surface area contributed by atoms with Crippen molar-refractivity contribution in [2.24, 2.45) is 0 Å².